The van der Waals surface area contributed by atoms with Gasteiger partial charge in [-0.2, -0.15) is 0 Å². The van der Waals surface area contributed by atoms with Crippen molar-refractivity contribution in [2.75, 3.05) is 6.61 Å². The topological polar surface area (TPSA) is 43.4 Å². The van der Waals surface area contributed by atoms with Gasteiger partial charge in [0.25, 0.3) is 0 Å². The SMILES string of the molecule is CCCCCC(CCC)COC(=O)CCC1CCCCC1=O. The summed E-state index contributed by atoms with van der Waals surface area (Å²) in [4.78, 5) is 23.7. The van der Waals surface area contributed by atoms with Gasteiger partial charge in [-0.3, -0.25) is 9.59 Å². The molecule has 2 atom stereocenters. The Morgan fingerprint density at radius 1 is 1.18 bits per heavy atom. The third kappa shape index (κ3) is 7.95. The van der Waals surface area contributed by atoms with E-state index in [1.807, 2.05) is 0 Å². The zero-order valence-corrected chi connectivity index (χ0v) is 14.6. The molecule has 0 radical (unpaired) electrons. The number of carbonyl (C=O) groups is 2. The molecule has 0 spiro atoms. The maximum absolute atomic E-state index is 11.9. The van der Waals surface area contributed by atoms with Crippen LogP contribution in [0.2, 0.25) is 0 Å². The highest BCUT2D eigenvalue weighted by molar-refractivity contribution is 5.82. The molecular weight excluding hydrogens is 276 g/mol. The molecule has 0 heterocycles. The van der Waals surface area contributed by atoms with Crippen LogP contribution in [-0.2, 0) is 14.3 Å². The van der Waals surface area contributed by atoms with Crippen LogP contribution in [0.1, 0.15) is 90.9 Å². The molecule has 1 aliphatic rings. The van der Waals surface area contributed by atoms with Crippen LogP contribution in [0, 0.1) is 11.8 Å². The summed E-state index contributed by atoms with van der Waals surface area (Å²) in [7, 11) is 0. The highest BCUT2D eigenvalue weighted by atomic mass is 16.5. The first-order chi connectivity index (χ1) is 10.7. The lowest BCUT2D eigenvalue weighted by Crippen LogP contribution is -2.21. The molecule has 0 aromatic rings. The molecule has 3 nitrogen and oxygen atoms in total. The monoisotopic (exact) mass is 310 g/mol. The molecule has 0 aliphatic heterocycles. The van der Waals surface area contributed by atoms with E-state index < -0.39 is 0 Å². The average Bonchev–Trinajstić information content (AvgIpc) is 2.52. The predicted molar refractivity (Wildman–Crippen MR) is 89.7 cm³/mol. The summed E-state index contributed by atoms with van der Waals surface area (Å²) in [5.74, 6) is 0.853. The molecule has 1 saturated carbocycles. The molecule has 0 N–H and O–H groups in total. The molecule has 0 aromatic carbocycles. The van der Waals surface area contributed by atoms with E-state index in [1.165, 1.54) is 19.3 Å². The third-order valence-corrected chi connectivity index (χ3v) is 4.77. The van der Waals surface area contributed by atoms with Gasteiger partial charge in [-0.1, -0.05) is 46.0 Å². The molecule has 1 rings (SSSR count). The molecule has 128 valence electrons. The van der Waals surface area contributed by atoms with E-state index in [0.717, 1.165) is 38.5 Å². The van der Waals surface area contributed by atoms with Gasteiger partial charge in [-0.15, -0.1) is 0 Å². The number of hydrogen-bond acceptors (Lipinski definition) is 3. The predicted octanol–water partition coefficient (Wildman–Crippen LogP) is 5.07. The smallest absolute Gasteiger partial charge is 0.305 e. The van der Waals surface area contributed by atoms with E-state index in [-0.39, 0.29) is 11.9 Å². The van der Waals surface area contributed by atoms with Gasteiger partial charge in [0, 0.05) is 18.8 Å². The number of rotatable bonds is 11. The summed E-state index contributed by atoms with van der Waals surface area (Å²) >= 11 is 0. The van der Waals surface area contributed by atoms with Crippen molar-refractivity contribution in [1.82, 2.24) is 0 Å². The number of esters is 1. The number of Topliss-reactive ketones (excluding diaryl/α,β-unsaturated/α-hetero) is 1. The fraction of sp³-hybridized carbons (Fsp3) is 0.895. The minimum atomic E-state index is -0.116. The second-order valence-corrected chi connectivity index (χ2v) is 6.78. The van der Waals surface area contributed by atoms with Gasteiger partial charge in [-0.25, -0.2) is 0 Å². The lowest BCUT2D eigenvalue weighted by Gasteiger charge is -2.20. The number of ketones is 1. The fourth-order valence-electron chi connectivity index (χ4n) is 3.34. The van der Waals surface area contributed by atoms with Gasteiger partial charge in [-0.05, 0) is 38.0 Å². The molecule has 1 fully saturated rings. The van der Waals surface area contributed by atoms with Crippen LogP contribution in [-0.4, -0.2) is 18.4 Å². The van der Waals surface area contributed by atoms with Crippen LogP contribution in [0.3, 0.4) is 0 Å². The van der Waals surface area contributed by atoms with Crippen molar-refractivity contribution in [3.63, 3.8) is 0 Å². The Morgan fingerprint density at radius 3 is 2.68 bits per heavy atom. The molecule has 1 aliphatic carbocycles. The highest BCUT2D eigenvalue weighted by Crippen LogP contribution is 2.24. The number of hydrogen-bond donors (Lipinski definition) is 0. The Bertz CT molecular complexity index is 325. The van der Waals surface area contributed by atoms with E-state index in [9.17, 15) is 9.59 Å². The van der Waals surface area contributed by atoms with Crippen molar-refractivity contribution in [2.45, 2.75) is 90.9 Å². The van der Waals surface area contributed by atoms with Gasteiger partial charge in [0.2, 0.25) is 0 Å². The number of carbonyl (C=O) groups excluding carboxylic acids is 2. The van der Waals surface area contributed by atoms with Crippen LogP contribution in [0.25, 0.3) is 0 Å². The number of unbranched alkanes of at least 4 members (excludes halogenated alkanes) is 2. The summed E-state index contributed by atoms with van der Waals surface area (Å²) in [6.07, 6.45) is 12.1. The first kappa shape index (κ1) is 19.2. The normalized spacial score (nSPS) is 19.9. The quantitative estimate of drug-likeness (QED) is 0.395. The molecule has 0 bridgehead atoms. The Morgan fingerprint density at radius 2 is 2.00 bits per heavy atom. The van der Waals surface area contributed by atoms with Gasteiger partial charge >= 0.3 is 5.97 Å². The first-order valence-electron chi connectivity index (χ1n) is 9.35. The van der Waals surface area contributed by atoms with E-state index in [2.05, 4.69) is 13.8 Å². The molecule has 3 heteroatoms. The van der Waals surface area contributed by atoms with Crippen LogP contribution in [0.4, 0.5) is 0 Å². The fourth-order valence-corrected chi connectivity index (χ4v) is 3.34. The molecule has 2 unspecified atom stereocenters. The van der Waals surface area contributed by atoms with E-state index in [1.54, 1.807) is 0 Å². The maximum Gasteiger partial charge on any atom is 0.305 e. The summed E-state index contributed by atoms with van der Waals surface area (Å²) in [6.45, 7) is 4.96. The lowest BCUT2D eigenvalue weighted by molar-refractivity contribution is -0.145. The second kappa shape index (κ2) is 11.7. The standard InChI is InChI=1S/C19H34O3/c1-3-5-6-10-16(9-4-2)15-22-19(21)14-13-17-11-7-8-12-18(17)20/h16-17H,3-15H2,1-2H3. The minimum absolute atomic E-state index is 0.109. The zero-order valence-electron chi connectivity index (χ0n) is 14.6. The third-order valence-electron chi connectivity index (χ3n) is 4.77. The minimum Gasteiger partial charge on any atom is -0.465 e. The largest absolute Gasteiger partial charge is 0.465 e. The van der Waals surface area contributed by atoms with E-state index in [4.69, 9.17) is 4.74 Å². The zero-order chi connectivity index (χ0) is 16.2. The summed E-state index contributed by atoms with van der Waals surface area (Å²) < 4.78 is 5.46. The molecule has 22 heavy (non-hydrogen) atoms. The van der Waals surface area contributed by atoms with Gasteiger partial charge in [0.05, 0.1) is 6.61 Å². The maximum atomic E-state index is 11.9. The summed E-state index contributed by atoms with van der Waals surface area (Å²) in [5.41, 5.74) is 0. The average molecular weight is 310 g/mol. The van der Waals surface area contributed by atoms with Gasteiger partial charge in [0.15, 0.2) is 0 Å². The van der Waals surface area contributed by atoms with Crippen molar-refractivity contribution >= 4 is 11.8 Å². The van der Waals surface area contributed by atoms with Crippen molar-refractivity contribution in [1.29, 1.82) is 0 Å². The summed E-state index contributed by atoms with van der Waals surface area (Å²) in [5, 5.41) is 0. The summed E-state index contributed by atoms with van der Waals surface area (Å²) in [6, 6.07) is 0. The van der Waals surface area contributed by atoms with Crippen LogP contribution < -0.4 is 0 Å². The van der Waals surface area contributed by atoms with Crippen molar-refractivity contribution in [2.24, 2.45) is 11.8 Å². The molecule has 0 saturated heterocycles. The van der Waals surface area contributed by atoms with Crippen molar-refractivity contribution in [3.8, 4) is 0 Å². The number of ether oxygens (including phenoxy) is 1. The van der Waals surface area contributed by atoms with Crippen molar-refractivity contribution in [3.05, 3.63) is 0 Å². The Kier molecular flexibility index (Phi) is 10.2. The molecule has 0 amide bonds. The molecule has 0 aromatic heterocycles. The van der Waals surface area contributed by atoms with E-state index in [0.29, 0.717) is 37.6 Å². The first-order valence-corrected chi connectivity index (χ1v) is 9.35. The van der Waals surface area contributed by atoms with Gasteiger partial charge < -0.3 is 4.74 Å². The van der Waals surface area contributed by atoms with Crippen LogP contribution in [0.15, 0.2) is 0 Å². The second-order valence-electron chi connectivity index (χ2n) is 6.78. The van der Waals surface area contributed by atoms with Crippen LogP contribution in [0.5, 0.6) is 0 Å². The van der Waals surface area contributed by atoms with E-state index >= 15 is 0 Å². The Hall–Kier alpha value is -0.860. The molecular formula is C19H34O3. The van der Waals surface area contributed by atoms with Crippen LogP contribution >= 0.6 is 0 Å². The Labute approximate surface area is 136 Å². The lowest BCUT2D eigenvalue weighted by atomic mass is 9.85. The Balaban J connectivity index is 2.20. The highest BCUT2D eigenvalue weighted by Gasteiger charge is 2.23. The van der Waals surface area contributed by atoms with Crippen molar-refractivity contribution < 1.29 is 14.3 Å². The van der Waals surface area contributed by atoms with Gasteiger partial charge in [0.1, 0.15) is 5.78 Å².